The molecule has 0 saturated carbocycles. The van der Waals surface area contributed by atoms with E-state index in [1.54, 1.807) is 30.5 Å². The summed E-state index contributed by atoms with van der Waals surface area (Å²) in [6, 6.07) is 8.10. The van der Waals surface area contributed by atoms with Gasteiger partial charge >= 0.3 is 0 Å². The van der Waals surface area contributed by atoms with Gasteiger partial charge in [-0.2, -0.15) is 4.72 Å². The first-order valence-electron chi connectivity index (χ1n) is 5.23. The van der Waals surface area contributed by atoms with Gasteiger partial charge in [-0.15, -0.1) is 0 Å². The third kappa shape index (κ3) is 2.76. The molecule has 0 amide bonds. The van der Waals surface area contributed by atoms with Gasteiger partial charge in [0.1, 0.15) is 0 Å². The lowest BCUT2D eigenvalue weighted by Crippen LogP contribution is -2.45. The highest BCUT2D eigenvalue weighted by Gasteiger charge is 2.23. The van der Waals surface area contributed by atoms with Gasteiger partial charge in [0.05, 0.1) is 12.0 Å². The van der Waals surface area contributed by atoms with Crippen LogP contribution in [0.25, 0.3) is 0 Å². The second kappa shape index (κ2) is 5.30. The lowest BCUT2D eigenvalue weighted by atomic mass is 10.4. The van der Waals surface area contributed by atoms with Gasteiger partial charge in [0.25, 0.3) is 0 Å². The first kappa shape index (κ1) is 12.7. The average Bonchev–Trinajstić information content (AvgIpc) is 2.40. The van der Waals surface area contributed by atoms with E-state index in [0.29, 0.717) is 0 Å². The quantitative estimate of drug-likeness (QED) is 0.872. The van der Waals surface area contributed by atoms with Gasteiger partial charge in [0.2, 0.25) is 16.3 Å². The molecule has 0 aliphatic carbocycles. The maximum Gasteiger partial charge on any atom is 0.243 e. The number of hydrogen-bond acceptors (Lipinski definition) is 5. The van der Waals surface area contributed by atoms with Crippen LogP contribution in [0.2, 0.25) is 0 Å². The van der Waals surface area contributed by atoms with Crippen LogP contribution in [0.5, 0.6) is 0 Å². The third-order valence-corrected chi connectivity index (χ3v) is 3.73. The molecule has 1 aliphatic heterocycles. The minimum atomic E-state index is -3.62. The smallest absolute Gasteiger partial charge is 0.243 e. The largest absolute Gasteiger partial charge is 0.274 e. The fraction of sp³-hybridized carbons (Fsp3) is 0.182. The number of rotatable bonds is 4. The van der Waals surface area contributed by atoms with Crippen LogP contribution in [0.3, 0.4) is 0 Å². The SMILES string of the molecule is CON1C=CC=NC1NS(=O)(=O)c1ccccc1. The van der Waals surface area contributed by atoms with Crippen molar-refractivity contribution in [3.05, 3.63) is 42.6 Å². The van der Waals surface area contributed by atoms with Crippen molar-refractivity contribution >= 4 is 16.2 Å². The Bertz CT molecular complexity index is 554. The summed E-state index contributed by atoms with van der Waals surface area (Å²) in [5, 5.41) is 1.31. The second-order valence-electron chi connectivity index (χ2n) is 3.49. The second-order valence-corrected chi connectivity index (χ2v) is 5.20. The number of benzene rings is 1. The molecule has 1 aromatic carbocycles. The van der Waals surface area contributed by atoms with Gasteiger partial charge in [0, 0.05) is 12.4 Å². The van der Waals surface area contributed by atoms with Crippen LogP contribution in [0.4, 0.5) is 0 Å². The summed E-state index contributed by atoms with van der Waals surface area (Å²) in [4.78, 5) is 9.17. The molecule has 1 heterocycles. The van der Waals surface area contributed by atoms with Crippen molar-refractivity contribution < 1.29 is 13.3 Å². The summed E-state index contributed by atoms with van der Waals surface area (Å²) in [5.41, 5.74) is 0. The average molecular weight is 267 g/mol. The number of hydrogen-bond donors (Lipinski definition) is 1. The Labute approximate surface area is 106 Å². The summed E-state index contributed by atoms with van der Waals surface area (Å²) >= 11 is 0. The normalized spacial score (nSPS) is 19.2. The molecule has 1 aromatic rings. The van der Waals surface area contributed by atoms with E-state index in [1.165, 1.54) is 30.5 Å². The first-order valence-corrected chi connectivity index (χ1v) is 6.71. The molecule has 18 heavy (non-hydrogen) atoms. The molecule has 7 heteroatoms. The van der Waals surface area contributed by atoms with E-state index in [2.05, 4.69) is 9.71 Å². The summed E-state index contributed by atoms with van der Waals surface area (Å²) < 4.78 is 26.6. The molecule has 1 atom stereocenters. The Morgan fingerprint density at radius 1 is 1.33 bits per heavy atom. The molecule has 0 bridgehead atoms. The van der Waals surface area contributed by atoms with Crippen LogP contribution in [-0.2, 0) is 14.9 Å². The van der Waals surface area contributed by atoms with Gasteiger partial charge in [0.15, 0.2) is 0 Å². The highest BCUT2D eigenvalue weighted by molar-refractivity contribution is 7.89. The fourth-order valence-corrected chi connectivity index (χ4v) is 2.55. The van der Waals surface area contributed by atoms with E-state index >= 15 is 0 Å². The molecule has 1 N–H and O–H groups in total. The van der Waals surface area contributed by atoms with Gasteiger partial charge in [-0.05, 0) is 18.2 Å². The van der Waals surface area contributed by atoms with Gasteiger partial charge < -0.3 is 0 Å². The Balaban J connectivity index is 2.19. The first-order chi connectivity index (χ1) is 8.63. The van der Waals surface area contributed by atoms with Gasteiger partial charge in [-0.25, -0.2) is 13.5 Å². The number of hydroxylamine groups is 2. The monoisotopic (exact) mass is 267 g/mol. The summed E-state index contributed by atoms with van der Waals surface area (Å²) in [6.45, 7) is 0. The molecule has 1 unspecified atom stereocenters. The van der Waals surface area contributed by atoms with Crippen LogP contribution in [0.1, 0.15) is 0 Å². The van der Waals surface area contributed by atoms with Crippen molar-refractivity contribution in [3.63, 3.8) is 0 Å². The summed E-state index contributed by atoms with van der Waals surface area (Å²) in [7, 11) is -2.18. The van der Waals surface area contributed by atoms with Crippen LogP contribution < -0.4 is 4.72 Å². The van der Waals surface area contributed by atoms with E-state index in [-0.39, 0.29) is 4.90 Å². The molecule has 0 aromatic heterocycles. The van der Waals surface area contributed by atoms with Crippen molar-refractivity contribution in [1.29, 1.82) is 0 Å². The van der Waals surface area contributed by atoms with Crippen molar-refractivity contribution in [2.45, 2.75) is 11.2 Å². The summed E-state index contributed by atoms with van der Waals surface area (Å²) in [6.07, 6.45) is 3.94. The maximum absolute atomic E-state index is 12.1. The molecule has 0 spiro atoms. The van der Waals surface area contributed by atoms with Crippen molar-refractivity contribution in [1.82, 2.24) is 9.79 Å². The molecule has 0 radical (unpaired) electrons. The molecular formula is C11H13N3O3S. The Hall–Kier alpha value is -1.70. The van der Waals surface area contributed by atoms with E-state index in [0.717, 1.165) is 0 Å². The highest BCUT2D eigenvalue weighted by atomic mass is 32.2. The molecule has 2 rings (SSSR count). The number of allylic oxidation sites excluding steroid dienone is 1. The number of sulfonamides is 1. The van der Waals surface area contributed by atoms with E-state index in [1.807, 2.05) is 0 Å². The van der Waals surface area contributed by atoms with Crippen molar-refractivity contribution in [3.8, 4) is 0 Å². The minimum absolute atomic E-state index is 0.186. The van der Waals surface area contributed by atoms with Crippen LogP contribution >= 0.6 is 0 Å². The Morgan fingerprint density at radius 2 is 2.06 bits per heavy atom. The Morgan fingerprint density at radius 3 is 2.72 bits per heavy atom. The van der Waals surface area contributed by atoms with Crippen molar-refractivity contribution in [2.24, 2.45) is 4.99 Å². The van der Waals surface area contributed by atoms with Crippen LogP contribution in [-0.4, -0.2) is 33.1 Å². The molecular weight excluding hydrogens is 254 g/mol. The molecule has 0 saturated heterocycles. The molecule has 6 nitrogen and oxygen atoms in total. The van der Waals surface area contributed by atoms with Crippen LogP contribution in [0, 0.1) is 0 Å². The van der Waals surface area contributed by atoms with Crippen molar-refractivity contribution in [2.75, 3.05) is 7.11 Å². The standard InChI is InChI=1S/C11H13N3O3S/c1-17-14-9-5-8-12-11(14)13-18(15,16)10-6-3-2-4-7-10/h2-9,11,13H,1H3. The fourth-order valence-electron chi connectivity index (χ4n) is 1.45. The van der Waals surface area contributed by atoms with Gasteiger partial charge in [-0.3, -0.25) is 9.83 Å². The number of nitrogens with zero attached hydrogens (tertiary/aromatic N) is 2. The van der Waals surface area contributed by atoms with E-state index in [9.17, 15) is 8.42 Å². The maximum atomic E-state index is 12.1. The van der Waals surface area contributed by atoms with E-state index in [4.69, 9.17) is 4.84 Å². The molecule has 1 aliphatic rings. The lowest BCUT2D eigenvalue weighted by Gasteiger charge is -2.26. The zero-order chi connectivity index (χ0) is 13.0. The highest BCUT2D eigenvalue weighted by Crippen LogP contribution is 2.11. The van der Waals surface area contributed by atoms with Gasteiger partial charge in [-0.1, -0.05) is 18.2 Å². The van der Waals surface area contributed by atoms with E-state index < -0.39 is 16.3 Å². The lowest BCUT2D eigenvalue weighted by molar-refractivity contribution is -0.121. The topological polar surface area (TPSA) is 71.0 Å². The third-order valence-electron chi connectivity index (χ3n) is 2.31. The predicted octanol–water partition coefficient (Wildman–Crippen LogP) is 0.710. The molecule has 0 fully saturated rings. The van der Waals surface area contributed by atoms with Crippen LogP contribution in [0.15, 0.2) is 52.5 Å². The zero-order valence-electron chi connectivity index (χ0n) is 9.72. The molecule has 96 valence electrons. The predicted molar refractivity (Wildman–Crippen MR) is 67.0 cm³/mol. The number of aliphatic imine (C=N–C) groups is 1. The zero-order valence-corrected chi connectivity index (χ0v) is 10.5. The summed E-state index contributed by atoms with van der Waals surface area (Å²) in [5.74, 6) is 0. The Kier molecular flexibility index (Phi) is 3.75. The minimum Gasteiger partial charge on any atom is -0.274 e. The number of nitrogens with one attached hydrogen (secondary N) is 1.